The van der Waals surface area contributed by atoms with Crippen molar-refractivity contribution in [2.45, 2.75) is 45.1 Å². The van der Waals surface area contributed by atoms with E-state index in [0.29, 0.717) is 6.54 Å². The first-order valence-electron chi connectivity index (χ1n) is 7.51. The summed E-state index contributed by atoms with van der Waals surface area (Å²) in [6, 6.07) is 8.03. The van der Waals surface area contributed by atoms with Crippen molar-refractivity contribution in [3.63, 3.8) is 0 Å². The molecule has 1 aromatic rings. The maximum atomic E-state index is 12.1. The van der Waals surface area contributed by atoms with Gasteiger partial charge in [-0.2, -0.15) is 0 Å². The van der Waals surface area contributed by atoms with Crippen LogP contribution < -0.4 is 5.32 Å². The third kappa shape index (κ3) is 2.35. The van der Waals surface area contributed by atoms with Crippen LogP contribution in [0.5, 0.6) is 0 Å². The smallest absolute Gasteiger partial charge is 0.223 e. The molecule has 0 heterocycles. The summed E-state index contributed by atoms with van der Waals surface area (Å²) in [6.07, 6.45) is 3.66. The van der Waals surface area contributed by atoms with E-state index >= 15 is 0 Å². The highest BCUT2D eigenvalue weighted by atomic mass is 16.3. The zero-order valence-corrected chi connectivity index (χ0v) is 12.3. The molecule has 2 unspecified atom stereocenters. The Kier molecular flexibility index (Phi) is 3.13. The van der Waals surface area contributed by atoms with Crippen LogP contribution in [-0.4, -0.2) is 17.6 Å². The van der Waals surface area contributed by atoms with Gasteiger partial charge in [-0.05, 0) is 42.2 Å². The molecule has 2 aliphatic carbocycles. The lowest BCUT2D eigenvalue weighted by Gasteiger charge is -2.34. The van der Waals surface area contributed by atoms with E-state index in [0.717, 1.165) is 31.2 Å². The van der Waals surface area contributed by atoms with Gasteiger partial charge in [-0.25, -0.2) is 0 Å². The zero-order valence-electron chi connectivity index (χ0n) is 12.3. The van der Waals surface area contributed by atoms with Gasteiger partial charge in [-0.1, -0.05) is 38.1 Å². The van der Waals surface area contributed by atoms with E-state index in [4.69, 9.17) is 0 Å². The number of carbonyl (C=O) groups is 1. The van der Waals surface area contributed by atoms with E-state index in [1.54, 1.807) is 0 Å². The predicted octanol–water partition coefficient (Wildman–Crippen LogP) is 2.37. The number of aliphatic hydroxyl groups is 1. The van der Waals surface area contributed by atoms with E-state index in [2.05, 4.69) is 25.2 Å². The lowest BCUT2D eigenvalue weighted by Crippen LogP contribution is -2.43. The standard InChI is InChI=1S/C17H23NO2/c1-16(2)10-14(16)15(19)18-11-17(20)9-5-7-12-6-3-4-8-13(12)17/h3-4,6,8,14,20H,5,7,9-11H2,1-2H3,(H,18,19). The average molecular weight is 273 g/mol. The van der Waals surface area contributed by atoms with Gasteiger partial charge in [0.05, 0.1) is 6.54 Å². The first kappa shape index (κ1) is 13.6. The molecule has 0 bridgehead atoms. The fourth-order valence-corrected chi connectivity index (χ4v) is 3.35. The molecule has 0 aromatic heterocycles. The SMILES string of the molecule is CC1(C)CC1C(=O)NCC1(O)CCCc2ccccc21. The second-order valence-corrected chi connectivity index (χ2v) is 7.01. The van der Waals surface area contributed by atoms with Gasteiger partial charge in [-0.15, -0.1) is 0 Å². The van der Waals surface area contributed by atoms with Crippen molar-refractivity contribution in [2.75, 3.05) is 6.54 Å². The molecule has 1 aromatic carbocycles. The van der Waals surface area contributed by atoms with E-state index in [-0.39, 0.29) is 17.2 Å². The Morgan fingerprint density at radius 2 is 2.10 bits per heavy atom. The molecule has 20 heavy (non-hydrogen) atoms. The molecule has 0 aliphatic heterocycles. The van der Waals surface area contributed by atoms with E-state index in [1.165, 1.54) is 5.56 Å². The maximum Gasteiger partial charge on any atom is 0.223 e. The summed E-state index contributed by atoms with van der Waals surface area (Å²) in [6.45, 7) is 4.55. The number of carbonyl (C=O) groups excluding carboxylic acids is 1. The predicted molar refractivity (Wildman–Crippen MR) is 78.2 cm³/mol. The molecule has 1 saturated carbocycles. The Labute approximate surface area is 120 Å². The largest absolute Gasteiger partial charge is 0.383 e. The van der Waals surface area contributed by atoms with Gasteiger partial charge in [0.1, 0.15) is 5.60 Å². The van der Waals surface area contributed by atoms with Crippen molar-refractivity contribution < 1.29 is 9.90 Å². The van der Waals surface area contributed by atoms with Crippen molar-refractivity contribution in [1.82, 2.24) is 5.32 Å². The van der Waals surface area contributed by atoms with Crippen LogP contribution >= 0.6 is 0 Å². The minimum atomic E-state index is -0.899. The Hall–Kier alpha value is -1.35. The Balaban J connectivity index is 1.70. The average Bonchev–Trinajstić information content (AvgIpc) is 3.06. The number of nitrogens with one attached hydrogen (secondary N) is 1. The summed E-state index contributed by atoms with van der Waals surface area (Å²) in [5.74, 6) is 0.205. The summed E-state index contributed by atoms with van der Waals surface area (Å²) in [5.41, 5.74) is 1.43. The molecule has 2 aliphatic rings. The highest BCUT2D eigenvalue weighted by Gasteiger charge is 2.50. The molecule has 3 rings (SSSR count). The number of hydrogen-bond donors (Lipinski definition) is 2. The third-order valence-electron chi connectivity index (χ3n) is 4.94. The monoisotopic (exact) mass is 273 g/mol. The Morgan fingerprint density at radius 1 is 1.40 bits per heavy atom. The normalized spacial score (nSPS) is 30.4. The van der Waals surface area contributed by atoms with Crippen LogP contribution in [0.1, 0.15) is 44.2 Å². The van der Waals surface area contributed by atoms with Crippen LogP contribution in [0.2, 0.25) is 0 Å². The molecule has 1 fully saturated rings. The molecular formula is C17H23NO2. The number of amides is 1. The second-order valence-electron chi connectivity index (χ2n) is 7.01. The third-order valence-corrected chi connectivity index (χ3v) is 4.94. The minimum absolute atomic E-state index is 0.0893. The fraction of sp³-hybridized carbons (Fsp3) is 0.588. The van der Waals surface area contributed by atoms with Gasteiger partial charge in [0.15, 0.2) is 0 Å². The van der Waals surface area contributed by atoms with Crippen LogP contribution in [-0.2, 0) is 16.8 Å². The van der Waals surface area contributed by atoms with E-state index < -0.39 is 5.60 Å². The van der Waals surface area contributed by atoms with E-state index in [1.807, 2.05) is 18.2 Å². The van der Waals surface area contributed by atoms with Crippen molar-refractivity contribution in [3.8, 4) is 0 Å². The molecule has 0 saturated heterocycles. The zero-order chi connectivity index (χ0) is 14.4. The van der Waals surface area contributed by atoms with Gasteiger partial charge in [0.2, 0.25) is 5.91 Å². The quantitative estimate of drug-likeness (QED) is 0.888. The lowest BCUT2D eigenvalue weighted by atomic mass is 9.79. The molecular weight excluding hydrogens is 250 g/mol. The highest BCUT2D eigenvalue weighted by molar-refractivity contribution is 5.82. The van der Waals surface area contributed by atoms with Crippen molar-refractivity contribution in [2.24, 2.45) is 11.3 Å². The van der Waals surface area contributed by atoms with Crippen LogP contribution in [0.4, 0.5) is 0 Å². The number of benzene rings is 1. The van der Waals surface area contributed by atoms with Crippen LogP contribution in [0.25, 0.3) is 0 Å². The number of rotatable bonds is 3. The number of aryl methyl sites for hydroxylation is 1. The second kappa shape index (κ2) is 4.59. The number of hydrogen-bond acceptors (Lipinski definition) is 2. The van der Waals surface area contributed by atoms with Crippen LogP contribution in [0.15, 0.2) is 24.3 Å². The van der Waals surface area contributed by atoms with Crippen LogP contribution in [0, 0.1) is 11.3 Å². The van der Waals surface area contributed by atoms with Gasteiger partial charge in [0.25, 0.3) is 0 Å². The van der Waals surface area contributed by atoms with Gasteiger partial charge < -0.3 is 10.4 Å². The molecule has 108 valence electrons. The topological polar surface area (TPSA) is 49.3 Å². The van der Waals surface area contributed by atoms with Crippen molar-refractivity contribution in [1.29, 1.82) is 0 Å². The van der Waals surface area contributed by atoms with E-state index in [9.17, 15) is 9.90 Å². The lowest BCUT2D eigenvalue weighted by molar-refractivity contribution is -0.124. The maximum absolute atomic E-state index is 12.1. The molecule has 3 nitrogen and oxygen atoms in total. The highest BCUT2D eigenvalue weighted by Crippen LogP contribution is 2.51. The molecule has 2 N–H and O–H groups in total. The van der Waals surface area contributed by atoms with Gasteiger partial charge >= 0.3 is 0 Å². The number of fused-ring (bicyclic) bond motifs is 1. The first-order valence-corrected chi connectivity index (χ1v) is 7.51. The summed E-state index contributed by atoms with van der Waals surface area (Å²) in [7, 11) is 0. The summed E-state index contributed by atoms with van der Waals surface area (Å²) in [5, 5.41) is 13.9. The fourth-order valence-electron chi connectivity index (χ4n) is 3.35. The summed E-state index contributed by atoms with van der Waals surface area (Å²) < 4.78 is 0. The molecule has 2 atom stereocenters. The van der Waals surface area contributed by atoms with Crippen molar-refractivity contribution in [3.05, 3.63) is 35.4 Å². The van der Waals surface area contributed by atoms with Crippen molar-refractivity contribution >= 4 is 5.91 Å². The Bertz CT molecular complexity index is 538. The molecule has 0 radical (unpaired) electrons. The first-order chi connectivity index (χ1) is 9.42. The minimum Gasteiger partial charge on any atom is -0.383 e. The summed E-state index contributed by atoms with van der Waals surface area (Å²) >= 11 is 0. The molecule has 0 spiro atoms. The molecule has 3 heteroatoms. The van der Waals surface area contributed by atoms with Crippen LogP contribution in [0.3, 0.4) is 0 Å². The Morgan fingerprint density at radius 3 is 2.80 bits per heavy atom. The summed E-state index contributed by atoms with van der Waals surface area (Å²) in [4.78, 5) is 12.1. The molecule has 1 amide bonds. The van der Waals surface area contributed by atoms with Gasteiger partial charge in [-0.3, -0.25) is 4.79 Å². The van der Waals surface area contributed by atoms with Gasteiger partial charge in [0, 0.05) is 5.92 Å².